The van der Waals surface area contributed by atoms with E-state index in [9.17, 15) is 0 Å². The lowest BCUT2D eigenvalue weighted by molar-refractivity contribution is 0.259. The lowest BCUT2D eigenvalue weighted by Crippen LogP contribution is -2.42. The van der Waals surface area contributed by atoms with Gasteiger partial charge in [-0.1, -0.05) is 30.4 Å². The maximum Gasteiger partial charge on any atom is 0.194 e. The van der Waals surface area contributed by atoms with E-state index in [1.165, 1.54) is 17.4 Å². The summed E-state index contributed by atoms with van der Waals surface area (Å²) in [6.45, 7) is 9.99. The number of benzene rings is 1. The highest BCUT2D eigenvalue weighted by molar-refractivity contribution is 5.82. The number of likely N-dealkylation sites (tertiary alicyclic amines) is 1. The molecule has 5 nitrogen and oxygen atoms in total. The van der Waals surface area contributed by atoms with Crippen molar-refractivity contribution in [3.8, 4) is 0 Å². The summed E-state index contributed by atoms with van der Waals surface area (Å²) in [5.74, 6) is 1.96. The smallest absolute Gasteiger partial charge is 0.194 e. The van der Waals surface area contributed by atoms with Crippen molar-refractivity contribution in [2.45, 2.75) is 32.9 Å². The maximum absolute atomic E-state index is 6.02. The summed E-state index contributed by atoms with van der Waals surface area (Å²) in [5.41, 5.74) is 2.14. The number of aliphatic imine (C=N–C) groups is 1. The normalized spacial score (nSPS) is 21.2. The number of fused-ring (bicyclic) bond motifs is 1. The van der Waals surface area contributed by atoms with Crippen molar-refractivity contribution < 1.29 is 4.42 Å². The molecular formula is C21H28N4O. The van der Waals surface area contributed by atoms with Gasteiger partial charge in [0.05, 0.1) is 0 Å². The zero-order valence-electron chi connectivity index (χ0n) is 15.7. The Morgan fingerprint density at radius 1 is 1.27 bits per heavy atom. The van der Waals surface area contributed by atoms with E-state index in [0.717, 1.165) is 50.0 Å². The minimum Gasteiger partial charge on any atom is -0.459 e. The first kappa shape index (κ1) is 17.2. The number of guanidine groups is 1. The predicted octanol–water partition coefficient (Wildman–Crippen LogP) is 3.15. The van der Waals surface area contributed by atoms with Crippen LogP contribution < -0.4 is 5.32 Å². The van der Waals surface area contributed by atoms with Crippen LogP contribution in [0.25, 0.3) is 11.0 Å². The molecule has 26 heavy (non-hydrogen) atoms. The fourth-order valence-corrected chi connectivity index (χ4v) is 3.97. The van der Waals surface area contributed by atoms with Gasteiger partial charge in [0, 0.05) is 49.7 Å². The molecule has 2 aliphatic heterocycles. The first-order valence-corrected chi connectivity index (χ1v) is 9.65. The van der Waals surface area contributed by atoms with Gasteiger partial charge in [-0.3, -0.25) is 4.90 Å². The van der Waals surface area contributed by atoms with E-state index in [4.69, 9.17) is 9.41 Å². The summed E-state index contributed by atoms with van der Waals surface area (Å²) < 4.78 is 6.02. The van der Waals surface area contributed by atoms with Gasteiger partial charge < -0.3 is 14.6 Å². The Morgan fingerprint density at radius 2 is 2.08 bits per heavy atom. The van der Waals surface area contributed by atoms with Gasteiger partial charge >= 0.3 is 0 Å². The number of nitrogens with zero attached hydrogens (tertiary/aromatic N) is 3. The molecule has 1 atom stereocenters. The zero-order chi connectivity index (χ0) is 17.9. The topological polar surface area (TPSA) is 44.0 Å². The van der Waals surface area contributed by atoms with Gasteiger partial charge in [-0.05, 0) is 26.3 Å². The second kappa shape index (κ2) is 7.54. The summed E-state index contributed by atoms with van der Waals surface area (Å²) in [6, 6.07) is 8.83. The van der Waals surface area contributed by atoms with Crippen LogP contribution in [0.2, 0.25) is 0 Å². The highest BCUT2D eigenvalue weighted by Crippen LogP contribution is 2.25. The number of rotatable bonds is 4. The second-order valence-corrected chi connectivity index (χ2v) is 7.13. The van der Waals surface area contributed by atoms with Crippen LogP contribution in [0.4, 0.5) is 0 Å². The van der Waals surface area contributed by atoms with E-state index >= 15 is 0 Å². The number of nitrogens with one attached hydrogen (secondary N) is 1. The van der Waals surface area contributed by atoms with E-state index in [-0.39, 0.29) is 0 Å². The lowest BCUT2D eigenvalue weighted by Gasteiger charge is -2.25. The number of aryl methyl sites for hydroxylation is 1. The zero-order valence-corrected chi connectivity index (χ0v) is 15.7. The third-order valence-corrected chi connectivity index (χ3v) is 5.48. The highest BCUT2D eigenvalue weighted by atomic mass is 16.3. The number of hydrogen-bond donors (Lipinski definition) is 1. The molecule has 0 bridgehead atoms. The number of hydrogen-bond acceptors (Lipinski definition) is 3. The first-order valence-electron chi connectivity index (χ1n) is 9.65. The van der Waals surface area contributed by atoms with Gasteiger partial charge in [-0.25, -0.2) is 4.99 Å². The third kappa shape index (κ3) is 3.36. The molecule has 4 rings (SSSR count). The summed E-state index contributed by atoms with van der Waals surface area (Å²) in [6.07, 6.45) is 5.74. The van der Waals surface area contributed by atoms with Crippen molar-refractivity contribution >= 4 is 16.9 Å². The molecule has 1 unspecified atom stereocenters. The minimum atomic E-state index is 0.579. The van der Waals surface area contributed by atoms with Crippen LogP contribution >= 0.6 is 0 Å². The SMILES string of the molecule is CCNC(=NCc1oc2ccccc2c1C)N1CCC(N2CC=CC2)C1. The second-order valence-electron chi connectivity index (χ2n) is 7.13. The molecule has 0 radical (unpaired) electrons. The van der Waals surface area contributed by atoms with Gasteiger partial charge in [0.15, 0.2) is 5.96 Å². The van der Waals surface area contributed by atoms with Gasteiger partial charge in [-0.15, -0.1) is 0 Å². The standard InChI is InChI=1S/C21H28N4O/c1-3-22-21(25-13-10-17(15-25)24-11-6-7-12-24)23-14-20-16(2)18-8-4-5-9-19(18)26-20/h4-9,17H,3,10-15H2,1-2H3,(H,22,23). The van der Waals surface area contributed by atoms with Crippen LogP contribution in [0.5, 0.6) is 0 Å². The van der Waals surface area contributed by atoms with Gasteiger partial charge in [0.2, 0.25) is 0 Å². The Bertz CT molecular complexity index is 815. The molecule has 1 aromatic carbocycles. The van der Waals surface area contributed by atoms with Crippen molar-refractivity contribution in [1.29, 1.82) is 0 Å². The molecule has 138 valence electrons. The highest BCUT2D eigenvalue weighted by Gasteiger charge is 2.29. The Hall–Kier alpha value is -2.27. The molecule has 1 fully saturated rings. The first-order chi connectivity index (χ1) is 12.8. The average Bonchev–Trinajstić information content (AvgIpc) is 3.39. The Morgan fingerprint density at radius 3 is 2.85 bits per heavy atom. The Balaban J connectivity index is 1.48. The fourth-order valence-electron chi connectivity index (χ4n) is 3.97. The van der Waals surface area contributed by atoms with Crippen molar-refractivity contribution in [1.82, 2.24) is 15.1 Å². The number of para-hydroxylation sites is 1. The van der Waals surface area contributed by atoms with Gasteiger partial charge in [0.25, 0.3) is 0 Å². The largest absolute Gasteiger partial charge is 0.459 e. The maximum atomic E-state index is 6.02. The average molecular weight is 352 g/mol. The Kier molecular flexibility index (Phi) is 4.98. The monoisotopic (exact) mass is 352 g/mol. The molecule has 1 saturated heterocycles. The van der Waals surface area contributed by atoms with E-state index in [1.54, 1.807) is 0 Å². The summed E-state index contributed by atoms with van der Waals surface area (Å²) >= 11 is 0. The molecule has 0 spiro atoms. The summed E-state index contributed by atoms with van der Waals surface area (Å²) in [7, 11) is 0. The van der Waals surface area contributed by atoms with E-state index in [2.05, 4.69) is 53.2 Å². The molecule has 1 aromatic heterocycles. The van der Waals surface area contributed by atoms with Crippen molar-refractivity contribution in [2.24, 2.45) is 4.99 Å². The lowest BCUT2D eigenvalue weighted by atomic mass is 10.1. The molecule has 1 N–H and O–H groups in total. The molecule has 0 saturated carbocycles. The Labute approximate surface area is 155 Å². The summed E-state index contributed by atoms with van der Waals surface area (Å²) in [4.78, 5) is 9.83. The molecular weight excluding hydrogens is 324 g/mol. The molecule has 2 aromatic rings. The molecule has 5 heteroatoms. The van der Waals surface area contributed by atoms with Crippen molar-refractivity contribution in [3.63, 3.8) is 0 Å². The van der Waals surface area contributed by atoms with Crippen LogP contribution in [0, 0.1) is 6.92 Å². The molecule has 0 amide bonds. The number of furan rings is 1. The van der Waals surface area contributed by atoms with Gasteiger partial charge in [-0.2, -0.15) is 0 Å². The van der Waals surface area contributed by atoms with E-state index in [0.29, 0.717) is 12.6 Å². The molecule has 0 aliphatic carbocycles. The fraction of sp³-hybridized carbons (Fsp3) is 0.476. The van der Waals surface area contributed by atoms with Crippen molar-refractivity contribution in [2.75, 3.05) is 32.7 Å². The van der Waals surface area contributed by atoms with E-state index in [1.807, 2.05) is 12.1 Å². The van der Waals surface area contributed by atoms with Crippen molar-refractivity contribution in [3.05, 3.63) is 47.7 Å². The van der Waals surface area contributed by atoms with Crippen LogP contribution in [-0.4, -0.2) is 54.5 Å². The van der Waals surface area contributed by atoms with Crippen LogP contribution in [0.1, 0.15) is 24.7 Å². The minimum absolute atomic E-state index is 0.579. The molecule has 2 aliphatic rings. The quantitative estimate of drug-likeness (QED) is 0.522. The predicted molar refractivity (Wildman–Crippen MR) is 106 cm³/mol. The van der Waals surface area contributed by atoms with Crippen LogP contribution in [0.3, 0.4) is 0 Å². The summed E-state index contributed by atoms with van der Waals surface area (Å²) in [5, 5.41) is 4.64. The molecule has 3 heterocycles. The third-order valence-electron chi connectivity index (χ3n) is 5.48. The van der Waals surface area contributed by atoms with Crippen LogP contribution in [-0.2, 0) is 6.54 Å². The van der Waals surface area contributed by atoms with Crippen LogP contribution in [0.15, 0.2) is 45.8 Å². The van der Waals surface area contributed by atoms with E-state index < -0.39 is 0 Å². The van der Waals surface area contributed by atoms with Gasteiger partial charge in [0.1, 0.15) is 17.9 Å².